The number of ketones is 1. The van der Waals surface area contributed by atoms with Gasteiger partial charge in [-0.15, -0.1) is 0 Å². The molecule has 118 valence electrons. The summed E-state index contributed by atoms with van der Waals surface area (Å²) in [5.41, 5.74) is -0.849. The van der Waals surface area contributed by atoms with Gasteiger partial charge in [0.05, 0.1) is 24.5 Å². The molecule has 4 nitrogen and oxygen atoms in total. The van der Waals surface area contributed by atoms with E-state index >= 15 is 0 Å². The smallest absolute Gasteiger partial charge is 0.435 e. The second-order valence-electron chi connectivity index (χ2n) is 4.49. The molecule has 8 heteroatoms. The molecule has 0 bridgehead atoms. The number of aromatic nitrogens is 2. The lowest BCUT2D eigenvalue weighted by Gasteiger charge is -2.05. The Kier molecular flexibility index (Phi) is 4.90. The van der Waals surface area contributed by atoms with Crippen LogP contribution in [0.25, 0.3) is 0 Å². The minimum absolute atomic E-state index is 0.128. The van der Waals surface area contributed by atoms with E-state index in [1.165, 1.54) is 7.11 Å². The van der Waals surface area contributed by atoms with E-state index in [4.69, 9.17) is 4.74 Å². The van der Waals surface area contributed by atoms with Crippen molar-refractivity contribution < 1.29 is 22.7 Å². The molecule has 0 saturated carbocycles. The fourth-order valence-electron chi connectivity index (χ4n) is 1.91. The standard InChI is InChI=1S/C14H12BrF3N2O2/c1-22-10-4-2-9(3-5-10)7-20-8-11(12(21)6-15)13(19-20)14(16,17)18/h2-5,8H,6-7H2,1H3. The quantitative estimate of drug-likeness (QED) is 0.592. The molecule has 0 N–H and O–H groups in total. The van der Waals surface area contributed by atoms with Gasteiger partial charge in [-0.05, 0) is 17.7 Å². The molecule has 2 aromatic rings. The highest BCUT2D eigenvalue weighted by Crippen LogP contribution is 2.31. The Labute approximate surface area is 133 Å². The summed E-state index contributed by atoms with van der Waals surface area (Å²) in [5, 5.41) is 3.32. The predicted molar refractivity (Wildman–Crippen MR) is 77.4 cm³/mol. The summed E-state index contributed by atoms with van der Waals surface area (Å²) in [6.07, 6.45) is -3.55. The molecular weight excluding hydrogens is 365 g/mol. The van der Waals surface area contributed by atoms with Gasteiger partial charge in [0.1, 0.15) is 5.75 Å². The third-order valence-corrected chi connectivity index (χ3v) is 3.46. The molecular formula is C14H12BrF3N2O2. The van der Waals surface area contributed by atoms with Crippen LogP contribution in [0, 0.1) is 0 Å². The van der Waals surface area contributed by atoms with E-state index in [1.807, 2.05) is 0 Å². The molecule has 2 rings (SSSR count). The summed E-state index contributed by atoms with van der Waals surface area (Å²) in [5.74, 6) is -0.0105. The van der Waals surface area contributed by atoms with Gasteiger partial charge in [0.2, 0.25) is 0 Å². The minimum Gasteiger partial charge on any atom is -0.497 e. The first-order chi connectivity index (χ1) is 10.3. The molecule has 0 unspecified atom stereocenters. The van der Waals surface area contributed by atoms with Gasteiger partial charge in [0.15, 0.2) is 11.5 Å². The van der Waals surface area contributed by atoms with E-state index in [9.17, 15) is 18.0 Å². The Morgan fingerprint density at radius 3 is 2.45 bits per heavy atom. The zero-order valence-corrected chi connectivity index (χ0v) is 13.1. The molecule has 0 aliphatic rings. The average Bonchev–Trinajstić information content (AvgIpc) is 2.91. The van der Waals surface area contributed by atoms with Crippen molar-refractivity contribution in [3.63, 3.8) is 0 Å². The molecule has 0 radical (unpaired) electrons. The number of rotatable bonds is 5. The number of halogens is 4. The Hall–Kier alpha value is -1.83. The Balaban J connectivity index is 2.31. The van der Waals surface area contributed by atoms with Crippen LogP contribution in [-0.4, -0.2) is 28.0 Å². The van der Waals surface area contributed by atoms with Crippen LogP contribution in [-0.2, 0) is 12.7 Å². The monoisotopic (exact) mass is 376 g/mol. The second-order valence-corrected chi connectivity index (χ2v) is 5.05. The SMILES string of the molecule is COc1ccc(Cn2cc(C(=O)CBr)c(C(F)(F)F)n2)cc1. The zero-order chi connectivity index (χ0) is 16.3. The topological polar surface area (TPSA) is 44.1 Å². The number of Topliss-reactive ketones (excluding diaryl/α,β-unsaturated/α-hetero) is 1. The Bertz CT molecular complexity index is 666. The third-order valence-electron chi connectivity index (χ3n) is 2.96. The van der Waals surface area contributed by atoms with Gasteiger partial charge in [-0.25, -0.2) is 0 Å². The van der Waals surface area contributed by atoms with E-state index in [-0.39, 0.29) is 11.9 Å². The van der Waals surface area contributed by atoms with Crippen LogP contribution in [0.4, 0.5) is 13.2 Å². The van der Waals surface area contributed by atoms with Crippen molar-refractivity contribution >= 4 is 21.7 Å². The summed E-state index contributed by atoms with van der Waals surface area (Å²) < 4.78 is 44.9. The third kappa shape index (κ3) is 3.68. The summed E-state index contributed by atoms with van der Waals surface area (Å²) in [6, 6.07) is 6.85. The summed E-state index contributed by atoms with van der Waals surface area (Å²) in [4.78, 5) is 11.6. The second kappa shape index (κ2) is 6.51. The summed E-state index contributed by atoms with van der Waals surface area (Å²) in [7, 11) is 1.52. The summed E-state index contributed by atoms with van der Waals surface area (Å²) in [6.45, 7) is 0.128. The number of nitrogens with zero attached hydrogens (tertiary/aromatic N) is 2. The molecule has 0 atom stereocenters. The van der Waals surface area contributed by atoms with Crippen molar-refractivity contribution in [2.24, 2.45) is 0 Å². The Morgan fingerprint density at radius 2 is 1.95 bits per heavy atom. The lowest BCUT2D eigenvalue weighted by Crippen LogP contribution is -2.13. The molecule has 1 heterocycles. The highest BCUT2D eigenvalue weighted by Gasteiger charge is 2.38. The van der Waals surface area contributed by atoms with Gasteiger partial charge in [0.25, 0.3) is 0 Å². The van der Waals surface area contributed by atoms with Crippen LogP contribution < -0.4 is 4.74 Å². The van der Waals surface area contributed by atoms with Crippen molar-refractivity contribution in [3.8, 4) is 5.75 Å². The van der Waals surface area contributed by atoms with Crippen molar-refractivity contribution in [2.45, 2.75) is 12.7 Å². The number of ether oxygens (including phenoxy) is 1. The molecule has 1 aromatic heterocycles. The van der Waals surface area contributed by atoms with E-state index in [2.05, 4.69) is 21.0 Å². The van der Waals surface area contributed by atoms with Crippen LogP contribution >= 0.6 is 15.9 Å². The van der Waals surface area contributed by atoms with Gasteiger partial charge >= 0.3 is 6.18 Å². The maximum absolute atomic E-state index is 12.9. The van der Waals surface area contributed by atoms with Crippen LogP contribution in [0.15, 0.2) is 30.5 Å². The molecule has 1 aromatic carbocycles. The normalized spacial score (nSPS) is 11.5. The van der Waals surface area contributed by atoms with E-state index in [0.29, 0.717) is 5.75 Å². The molecule has 0 amide bonds. The number of hydrogen-bond acceptors (Lipinski definition) is 3. The number of methoxy groups -OCH3 is 1. The lowest BCUT2D eigenvalue weighted by molar-refractivity contribution is -0.141. The van der Waals surface area contributed by atoms with Crippen molar-refractivity contribution in [1.82, 2.24) is 9.78 Å². The van der Waals surface area contributed by atoms with Crippen molar-refractivity contribution in [2.75, 3.05) is 12.4 Å². The number of benzene rings is 1. The highest BCUT2D eigenvalue weighted by molar-refractivity contribution is 9.09. The van der Waals surface area contributed by atoms with Gasteiger partial charge in [-0.2, -0.15) is 18.3 Å². The fraction of sp³-hybridized carbons (Fsp3) is 0.286. The van der Waals surface area contributed by atoms with Crippen LogP contribution in [0.1, 0.15) is 21.6 Å². The van der Waals surface area contributed by atoms with E-state index < -0.39 is 23.2 Å². The first-order valence-corrected chi connectivity index (χ1v) is 7.34. The number of alkyl halides is 4. The van der Waals surface area contributed by atoms with Gasteiger partial charge < -0.3 is 4.74 Å². The average molecular weight is 377 g/mol. The predicted octanol–water partition coefficient (Wildman–Crippen LogP) is 3.54. The van der Waals surface area contributed by atoms with Crippen LogP contribution in [0.5, 0.6) is 5.75 Å². The first-order valence-electron chi connectivity index (χ1n) is 6.22. The largest absolute Gasteiger partial charge is 0.497 e. The van der Waals surface area contributed by atoms with Gasteiger partial charge in [-0.3, -0.25) is 9.48 Å². The van der Waals surface area contributed by atoms with Crippen molar-refractivity contribution in [1.29, 1.82) is 0 Å². The van der Waals surface area contributed by atoms with E-state index in [1.54, 1.807) is 24.3 Å². The van der Waals surface area contributed by atoms with Gasteiger partial charge in [-0.1, -0.05) is 28.1 Å². The molecule has 0 fully saturated rings. The molecule has 0 spiro atoms. The maximum atomic E-state index is 12.9. The van der Waals surface area contributed by atoms with Crippen LogP contribution in [0.2, 0.25) is 0 Å². The number of carbonyl (C=O) groups is 1. The minimum atomic E-state index is -4.67. The van der Waals surface area contributed by atoms with Crippen molar-refractivity contribution in [3.05, 3.63) is 47.3 Å². The number of carbonyl (C=O) groups excluding carboxylic acids is 1. The maximum Gasteiger partial charge on any atom is 0.435 e. The molecule has 0 aliphatic carbocycles. The van der Waals surface area contributed by atoms with E-state index in [0.717, 1.165) is 16.4 Å². The zero-order valence-electron chi connectivity index (χ0n) is 11.5. The Morgan fingerprint density at radius 1 is 1.32 bits per heavy atom. The lowest BCUT2D eigenvalue weighted by atomic mass is 10.2. The van der Waals surface area contributed by atoms with Crippen LogP contribution in [0.3, 0.4) is 0 Å². The highest BCUT2D eigenvalue weighted by atomic mass is 79.9. The molecule has 0 saturated heterocycles. The molecule has 22 heavy (non-hydrogen) atoms. The molecule has 0 aliphatic heterocycles. The first kappa shape index (κ1) is 16.5. The number of hydrogen-bond donors (Lipinski definition) is 0. The van der Waals surface area contributed by atoms with Gasteiger partial charge in [0, 0.05) is 6.20 Å². The summed E-state index contributed by atoms with van der Waals surface area (Å²) >= 11 is 2.88. The fourth-order valence-corrected chi connectivity index (χ4v) is 2.21.